The SMILES string of the molecule is CC(=O)N(C)c1ccc(C(=O)N[C@H](C=O)CC/C=C/O)cc1. The number of aliphatic hydroxyl groups excluding tert-OH is 1. The Hall–Kier alpha value is -2.63. The Morgan fingerprint density at radius 2 is 1.95 bits per heavy atom. The highest BCUT2D eigenvalue weighted by Gasteiger charge is 2.13. The van der Waals surface area contributed by atoms with E-state index < -0.39 is 6.04 Å². The summed E-state index contributed by atoms with van der Waals surface area (Å²) in [5.41, 5.74) is 1.09. The van der Waals surface area contributed by atoms with Crippen molar-refractivity contribution in [1.82, 2.24) is 5.32 Å². The molecule has 0 saturated carbocycles. The molecule has 0 aromatic heterocycles. The second-order valence-electron chi connectivity index (χ2n) is 4.80. The van der Waals surface area contributed by atoms with Gasteiger partial charge in [0.2, 0.25) is 5.91 Å². The zero-order valence-corrected chi connectivity index (χ0v) is 12.7. The van der Waals surface area contributed by atoms with Crippen molar-refractivity contribution in [3.8, 4) is 0 Å². The van der Waals surface area contributed by atoms with Crippen LogP contribution in [0.5, 0.6) is 0 Å². The summed E-state index contributed by atoms with van der Waals surface area (Å²) in [5.74, 6) is -0.461. The average Bonchev–Trinajstić information content (AvgIpc) is 2.53. The second-order valence-corrected chi connectivity index (χ2v) is 4.80. The summed E-state index contributed by atoms with van der Waals surface area (Å²) in [7, 11) is 1.65. The molecule has 1 aromatic carbocycles. The molecular weight excluding hydrogens is 284 g/mol. The summed E-state index contributed by atoms with van der Waals surface area (Å²) in [6.45, 7) is 1.45. The van der Waals surface area contributed by atoms with Gasteiger partial charge < -0.3 is 20.1 Å². The fourth-order valence-corrected chi connectivity index (χ4v) is 1.79. The van der Waals surface area contributed by atoms with Crippen LogP contribution in [0.4, 0.5) is 5.69 Å². The molecule has 0 heterocycles. The quantitative estimate of drug-likeness (QED) is 0.594. The lowest BCUT2D eigenvalue weighted by molar-refractivity contribution is -0.116. The zero-order chi connectivity index (χ0) is 16.5. The molecule has 6 nitrogen and oxygen atoms in total. The Kier molecular flexibility index (Phi) is 6.82. The number of carbonyl (C=O) groups is 3. The van der Waals surface area contributed by atoms with Gasteiger partial charge in [-0.3, -0.25) is 9.59 Å². The molecule has 0 unspecified atom stereocenters. The largest absolute Gasteiger partial charge is 0.516 e. The molecule has 0 aliphatic rings. The number of anilines is 1. The minimum absolute atomic E-state index is 0.102. The number of carbonyl (C=O) groups excluding carboxylic acids is 3. The van der Waals surface area contributed by atoms with E-state index in [1.807, 2.05) is 0 Å². The van der Waals surface area contributed by atoms with Gasteiger partial charge in [0, 0.05) is 25.2 Å². The van der Waals surface area contributed by atoms with E-state index in [0.717, 1.165) is 6.26 Å². The van der Waals surface area contributed by atoms with Gasteiger partial charge in [0.1, 0.15) is 6.29 Å². The Balaban J connectivity index is 2.68. The molecule has 118 valence electrons. The minimum atomic E-state index is -0.608. The van der Waals surface area contributed by atoms with Crippen LogP contribution >= 0.6 is 0 Å². The lowest BCUT2D eigenvalue weighted by Gasteiger charge is -2.16. The lowest BCUT2D eigenvalue weighted by Crippen LogP contribution is -2.35. The number of amides is 2. The van der Waals surface area contributed by atoms with E-state index in [9.17, 15) is 14.4 Å². The van der Waals surface area contributed by atoms with Crippen molar-refractivity contribution in [2.45, 2.75) is 25.8 Å². The van der Waals surface area contributed by atoms with E-state index in [4.69, 9.17) is 5.11 Å². The average molecular weight is 304 g/mol. The number of benzene rings is 1. The topological polar surface area (TPSA) is 86.7 Å². The van der Waals surface area contributed by atoms with Crippen LogP contribution in [0.25, 0.3) is 0 Å². The molecule has 1 aromatic rings. The van der Waals surface area contributed by atoms with E-state index in [-0.39, 0.29) is 11.8 Å². The van der Waals surface area contributed by atoms with Crippen molar-refractivity contribution in [1.29, 1.82) is 0 Å². The van der Waals surface area contributed by atoms with Gasteiger partial charge in [-0.2, -0.15) is 0 Å². The number of rotatable bonds is 7. The maximum atomic E-state index is 12.0. The predicted molar refractivity (Wildman–Crippen MR) is 83.8 cm³/mol. The van der Waals surface area contributed by atoms with Crippen LogP contribution in [0.1, 0.15) is 30.1 Å². The second kappa shape index (κ2) is 8.61. The molecule has 2 amide bonds. The minimum Gasteiger partial charge on any atom is -0.516 e. The Morgan fingerprint density at radius 3 is 2.45 bits per heavy atom. The van der Waals surface area contributed by atoms with Gasteiger partial charge in [-0.05, 0) is 37.1 Å². The van der Waals surface area contributed by atoms with E-state index in [2.05, 4.69) is 5.32 Å². The third kappa shape index (κ3) is 5.05. The number of hydrogen-bond acceptors (Lipinski definition) is 4. The van der Waals surface area contributed by atoms with Gasteiger partial charge in [0.25, 0.3) is 5.91 Å². The first-order valence-corrected chi connectivity index (χ1v) is 6.89. The molecule has 0 aliphatic carbocycles. The summed E-state index contributed by atoms with van der Waals surface area (Å²) in [5, 5.41) is 11.1. The third-order valence-corrected chi connectivity index (χ3v) is 3.22. The van der Waals surface area contributed by atoms with Gasteiger partial charge in [-0.1, -0.05) is 6.08 Å². The Morgan fingerprint density at radius 1 is 1.32 bits per heavy atom. The first-order chi connectivity index (χ1) is 10.5. The molecule has 1 atom stereocenters. The molecule has 0 bridgehead atoms. The monoisotopic (exact) mass is 304 g/mol. The summed E-state index contributed by atoms with van der Waals surface area (Å²) in [6.07, 6.45) is 3.99. The van der Waals surface area contributed by atoms with Crippen LogP contribution in [-0.2, 0) is 9.59 Å². The molecule has 1 rings (SSSR count). The van der Waals surface area contributed by atoms with Crippen molar-refractivity contribution < 1.29 is 19.5 Å². The molecule has 0 spiro atoms. The molecular formula is C16H20N2O4. The smallest absolute Gasteiger partial charge is 0.251 e. The lowest BCUT2D eigenvalue weighted by atomic mass is 10.1. The molecule has 0 fully saturated rings. The number of nitrogens with zero attached hydrogens (tertiary/aromatic N) is 1. The van der Waals surface area contributed by atoms with Crippen LogP contribution < -0.4 is 10.2 Å². The van der Waals surface area contributed by atoms with E-state index >= 15 is 0 Å². The van der Waals surface area contributed by atoms with Gasteiger partial charge in [0.05, 0.1) is 12.3 Å². The zero-order valence-electron chi connectivity index (χ0n) is 12.7. The Bertz CT molecular complexity index is 552. The van der Waals surface area contributed by atoms with Gasteiger partial charge in [-0.15, -0.1) is 0 Å². The first kappa shape index (κ1) is 17.4. The molecule has 0 aliphatic heterocycles. The maximum Gasteiger partial charge on any atom is 0.251 e. The number of aldehydes is 1. The molecule has 0 radical (unpaired) electrons. The van der Waals surface area contributed by atoms with Crippen LogP contribution in [-0.4, -0.2) is 36.3 Å². The molecule has 0 saturated heterocycles. The number of nitrogens with one attached hydrogen (secondary N) is 1. The van der Waals surface area contributed by atoms with Crippen LogP contribution in [0.3, 0.4) is 0 Å². The molecule has 22 heavy (non-hydrogen) atoms. The summed E-state index contributed by atoms with van der Waals surface area (Å²) >= 11 is 0. The summed E-state index contributed by atoms with van der Waals surface area (Å²) in [4.78, 5) is 35.7. The normalized spacial score (nSPS) is 11.9. The third-order valence-electron chi connectivity index (χ3n) is 3.22. The van der Waals surface area contributed by atoms with Gasteiger partial charge in [0.15, 0.2) is 0 Å². The molecule has 6 heteroatoms. The highest BCUT2D eigenvalue weighted by molar-refractivity contribution is 5.97. The van der Waals surface area contributed by atoms with Gasteiger partial charge >= 0.3 is 0 Å². The maximum absolute atomic E-state index is 12.0. The first-order valence-electron chi connectivity index (χ1n) is 6.89. The van der Waals surface area contributed by atoms with Crippen molar-refractivity contribution in [3.05, 3.63) is 42.2 Å². The number of hydrogen-bond donors (Lipinski definition) is 2. The van der Waals surface area contributed by atoms with Crippen molar-refractivity contribution >= 4 is 23.8 Å². The summed E-state index contributed by atoms with van der Waals surface area (Å²) < 4.78 is 0. The van der Waals surface area contributed by atoms with Crippen molar-refractivity contribution in [3.63, 3.8) is 0 Å². The van der Waals surface area contributed by atoms with Crippen LogP contribution in [0.15, 0.2) is 36.6 Å². The highest BCUT2D eigenvalue weighted by atomic mass is 16.2. The predicted octanol–water partition coefficient (Wildman–Crippen LogP) is 1.82. The van der Waals surface area contributed by atoms with E-state index in [1.54, 1.807) is 31.3 Å². The van der Waals surface area contributed by atoms with E-state index in [0.29, 0.717) is 30.4 Å². The fourth-order valence-electron chi connectivity index (χ4n) is 1.79. The van der Waals surface area contributed by atoms with Crippen molar-refractivity contribution in [2.24, 2.45) is 0 Å². The standard InChI is InChI=1S/C16H20N2O4/c1-12(21)18(2)15-8-6-13(7-9-15)16(22)17-14(11-20)5-3-4-10-19/h4,6-11,14,19H,3,5H2,1-2H3,(H,17,22)/b10-4+/t14-/m0/s1. The summed E-state index contributed by atoms with van der Waals surface area (Å²) in [6, 6.07) is 5.92. The number of aliphatic hydroxyl groups is 1. The number of allylic oxidation sites excluding steroid dienone is 1. The van der Waals surface area contributed by atoms with Gasteiger partial charge in [-0.25, -0.2) is 0 Å². The fraction of sp³-hybridized carbons (Fsp3) is 0.312. The van der Waals surface area contributed by atoms with Crippen LogP contribution in [0.2, 0.25) is 0 Å². The highest BCUT2D eigenvalue weighted by Crippen LogP contribution is 2.14. The van der Waals surface area contributed by atoms with Crippen molar-refractivity contribution in [2.75, 3.05) is 11.9 Å². The Labute approximate surface area is 129 Å². The van der Waals surface area contributed by atoms with Crippen LogP contribution in [0, 0.1) is 0 Å². The molecule has 2 N–H and O–H groups in total. The van der Waals surface area contributed by atoms with E-state index in [1.165, 1.54) is 17.9 Å².